The molecular weight excluding hydrogens is 210 g/mol. The van der Waals surface area contributed by atoms with E-state index in [1.54, 1.807) is 0 Å². The van der Waals surface area contributed by atoms with Crippen LogP contribution in [0.25, 0.3) is 0 Å². The number of para-hydroxylation sites is 1. The molecule has 90 valence electrons. The van der Waals surface area contributed by atoms with E-state index in [-0.39, 0.29) is 0 Å². The third kappa shape index (κ3) is 2.04. The minimum absolute atomic E-state index is 0.709. The molecule has 1 aromatic rings. The van der Waals surface area contributed by atoms with Crippen LogP contribution in [0.5, 0.6) is 5.75 Å². The van der Waals surface area contributed by atoms with E-state index in [9.17, 15) is 0 Å². The van der Waals surface area contributed by atoms with Crippen molar-refractivity contribution in [2.24, 2.45) is 0 Å². The molecule has 0 bridgehead atoms. The Balaban J connectivity index is 1.89. The Morgan fingerprint density at radius 1 is 1.18 bits per heavy atom. The molecule has 2 heteroatoms. The van der Waals surface area contributed by atoms with Gasteiger partial charge in [-0.25, -0.2) is 0 Å². The van der Waals surface area contributed by atoms with Crippen LogP contribution >= 0.6 is 0 Å². The third-order valence-electron chi connectivity index (χ3n) is 3.89. The number of rotatable bonds is 1. The normalized spacial score (nSPS) is 20.5. The number of allylic oxidation sites excluding steroid dienone is 1. The molecule has 0 amide bonds. The van der Waals surface area contributed by atoms with E-state index in [1.165, 1.54) is 36.9 Å². The molecule has 0 saturated heterocycles. The largest absolute Gasteiger partial charge is 0.463 e. The zero-order valence-electron chi connectivity index (χ0n) is 10.4. The minimum atomic E-state index is 0.709. The molecule has 0 aromatic heterocycles. The SMILES string of the molecule is CC1=COc2ccccc2CN1C1CCCC1. The van der Waals surface area contributed by atoms with Crippen LogP contribution in [0.4, 0.5) is 0 Å². The van der Waals surface area contributed by atoms with Gasteiger partial charge < -0.3 is 9.64 Å². The van der Waals surface area contributed by atoms with E-state index in [0.717, 1.165) is 12.3 Å². The molecule has 1 heterocycles. The summed E-state index contributed by atoms with van der Waals surface area (Å²) in [6.07, 6.45) is 7.30. The molecule has 0 N–H and O–H groups in total. The number of nitrogens with zero attached hydrogens (tertiary/aromatic N) is 1. The van der Waals surface area contributed by atoms with Crippen molar-refractivity contribution in [2.45, 2.75) is 45.2 Å². The zero-order chi connectivity index (χ0) is 11.7. The summed E-state index contributed by atoms with van der Waals surface area (Å²) >= 11 is 0. The monoisotopic (exact) mass is 229 g/mol. The van der Waals surface area contributed by atoms with Gasteiger partial charge in [-0.05, 0) is 25.8 Å². The van der Waals surface area contributed by atoms with Crippen molar-refractivity contribution in [1.82, 2.24) is 4.90 Å². The molecule has 2 nitrogen and oxygen atoms in total. The van der Waals surface area contributed by atoms with Crippen molar-refractivity contribution >= 4 is 0 Å². The molecule has 1 aliphatic heterocycles. The predicted octanol–water partition coefficient (Wildman–Crippen LogP) is 3.68. The van der Waals surface area contributed by atoms with E-state index < -0.39 is 0 Å². The fraction of sp³-hybridized carbons (Fsp3) is 0.467. The molecule has 2 aliphatic rings. The Bertz CT molecular complexity index is 432. The Labute approximate surface area is 103 Å². The first-order valence-corrected chi connectivity index (χ1v) is 6.52. The van der Waals surface area contributed by atoms with Crippen molar-refractivity contribution in [3.8, 4) is 5.75 Å². The van der Waals surface area contributed by atoms with Crippen LogP contribution in [0.2, 0.25) is 0 Å². The first-order valence-electron chi connectivity index (χ1n) is 6.52. The van der Waals surface area contributed by atoms with E-state index in [1.807, 2.05) is 12.3 Å². The van der Waals surface area contributed by atoms with Gasteiger partial charge in [0.05, 0.1) is 0 Å². The van der Waals surface area contributed by atoms with Crippen LogP contribution in [0.1, 0.15) is 38.2 Å². The second-order valence-corrected chi connectivity index (χ2v) is 5.05. The van der Waals surface area contributed by atoms with Gasteiger partial charge >= 0.3 is 0 Å². The molecule has 0 radical (unpaired) electrons. The molecule has 1 aromatic carbocycles. The van der Waals surface area contributed by atoms with Crippen LogP contribution in [-0.4, -0.2) is 10.9 Å². The van der Waals surface area contributed by atoms with E-state index in [0.29, 0.717) is 6.04 Å². The van der Waals surface area contributed by atoms with Gasteiger partial charge in [0.25, 0.3) is 0 Å². The summed E-state index contributed by atoms with van der Waals surface area (Å²) in [5.74, 6) is 1.01. The molecule has 1 aliphatic carbocycles. The van der Waals surface area contributed by atoms with Crippen molar-refractivity contribution in [3.05, 3.63) is 41.8 Å². The maximum Gasteiger partial charge on any atom is 0.131 e. The number of fused-ring (bicyclic) bond motifs is 1. The summed E-state index contributed by atoms with van der Waals surface area (Å²) in [6.45, 7) is 3.15. The van der Waals surface area contributed by atoms with Crippen LogP contribution in [0, 0.1) is 0 Å². The lowest BCUT2D eigenvalue weighted by Gasteiger charge is -2.30. The maximum absolute atomic E-state index is 5.75. The molecule has 1 fully saturated rings. The average Bonchev–Trinajstić information content (AvgIpc) is 2.82. The topological polar surface area (TPSA) is 12.5 Å². The van der Waals surface area contributed by atoms with Gasteiger partial charge in [0.15, 0.2) is 0 Å². The van der Waals surface area contributed by atoms with Gasteiger partial charge in [-0.3, -0.25) is 0 Å². The summed E-state index contributed by atoms with van der Waals surface area (Å²) in [5, 5.41) is 0. The molecular formula is C15H19NO. The van der Waals surface area contributed by atoms with E-state index >= 15 is 0 Å². The Morgan fingerprint density at radius 2 is 1.94 bits per heavy atom. The summed E-state index contributed by atoms with van der Waals surface area (Å²) in [4.78, 5) is 2.51. The predicted molar refractivity (Wildman–Crippen MR) is 68.6 cm³/mol. The first kappa shape index (κ1) is 10.7. The van der Waals surface area contributed by atoms with Crippen LogP contribution in [0.3, 0.4) is 0 Å². The number of ether oxygens (including phenoxy) is 1. The van der Waals surface area contributed by atoms with Crippen molar-refractivity contribution < 1.29 is 4.74 Å². The fourth-order valence-corrected chi connectivity index (χ4v) is 2.91. The lowest BCUT2D eigenvalue weighted by molar-refractivity contribution is 0.247. The van der Waals surface area contributed by atoms with Gasteiger partial charge in [-0.2, -0.15) is 0 Å². The Hall–Kier alpha value is -1.44. The number of benzene rings is 1. The second kappa shape index (κ2) is 4.44. The van der Waals surface area contributed by atoms with E-state index in [4.69, 9.17) is 4.74 Å². The standard InChI is InChI=1S/C15H19NO/c1-12-11-17-15-9-5-2-6-13(15)10-16(12)14-7-3-4-8-14/h2,5-6,9,11,14H,3-4,7-8,10H2,1H3. The molecule has 0 unspecified atom stereocenters. The summed E-state index contributed by atoms with van der Waals surface area (Å²) in [7, 11) is 0. The highest BCUT2D eigenvalue weighted by atomic mass is 16.5. The lowest BCUT2D eigenvalue weighted by Crippen LogP contribution is -2.30. The van der Waals surface area contributed by atoms with Crippen LogP contribution < -0.4 is 4.74 Å². The highest BCUT2D eigenvalue weighted by Gasteiger charge is 2.25. The molecule has 0 atom stereocenters. The van der Waals surface area contributed by atoms with Crippen LogP contribution in [0.15, 0.2) is 36.2 Å². The highest BCUT2D eigenvalue weighted by molar-refractivity contribution is 5.35. The lowest BCUT2D eigenvalue weighted by atomic mass is 10.1. The van der Waals surface area contributed by atoms with Crippen molar-refractivity contribution in [1.29, 1.82) is 0 Å². The zero-order valence-corrected chi connectivity index (χ0v) is 10.4. The second-order valence-electron chi connectivity index (χ2n) is 5.05. The molecule has 1 saturated carbocycles. The fourth-order valence-electron chi connectivity index (χ4n) is 2.91. The first-order chi connectivity index (χ1) is 8.34. The van der Waals surface area contributed by atoms with Crippen LogP contribution in [-0.2, 0) is 6.54 Å². The summed E-state index contributed by atoms with van der Waals surface area (Å²) in [6, 6.07) is 9.06. The highest BCUT2D eigenvalue weighted by Crippen LogP contribution is 2.32. The number of hydrogen-bond donors (Lipinski definition) is 0. The molecule has 17 heavy (non-hydrogen) atoms. The molecule has 0 spiro atoms. The molecule has 3 rings (SSSR count). The van der Waals surface area contributed by atoms with Crippen molar-refractivity contribution in [3.63, 3.8) is 0 Å². The summed E-state index contributed by atoms with van der Waals surface area (Å²) < 4.78 is 5.75. The smallest absolute Gasteiger partial charge is 0.131 e. The Kier molecular flexibility index (Phi) is 2.79. The number of hydrogen-bond acceptors (Lipinski definition) is 2. The van der Waals surface area contributed by atoms with Gasteiger partial charge in [0, 0.05) is 23.8 Å². The van der Waals surface area contributed by atoms with Gasteiger partial charge in [-0.15, -0.1) is 0 Å². The van der Waals surface area contributed by atoms with Gasteiger partial charge in [-0.1, -0.05) is 31.0 Å². The van der Waals surface area contributed by atoms with Gasteiger partial charge in [0.1, 0.15) is 12.0 Å². The average molecular weight is 229 g/mol. The Morgan fingerprint density at radius 3 is 2.76 bits per heavy atom. The quantitative estimate of drug-likeness (QED) is 0.728. The minimum Gasteiger partial charge on any atom is -0.463 e. The van der Waals surface area contributed by atoms with Gasteiger partial charge in [0.2, 0.25) is 0 Å². The third-order valence-corrected chi connectivity index (χ3v) is 3.89. The van der Waals surface area contributed by atoms with Crippen molar-refractivity contribution in [2.75, 3.05) is 0 Å². The maximum atomic E-state index is 5.75. The van der Waals surface area contributed by atoms with E-state index in [2.05, 4.69) is 30.0 Å². The summed E-state index contributed by atoms with van der Waals surface area (Å²) in [5.41, 5.74) is 2.56.